The molecule has 0 radical (unpaired) electrons. The second-order valence-corrected chi connectivity index (χ2v) is 4.62. The van der Waals surface area contributed by atoms with Crippen LogP contribution in [0.5, 0.6) is 0 Å². The van der Waals surface area contributed by atoms with E-state index in [0.29, 0.717) is 11.1 Å². The molecule has 0 aliphatic heterocycles. The van der Waals surface area contributed by atoms with Crippen molar-refractivity contribution in [1.29, 1.82) is 0 Å². The third-order valence-electron chi connectivity index (χ3n) is 3.17. The molecule has 1 aromatic heterocycles. The molecule has 2 nitrogen and oxygen atoms in total. The minimum atomic E-state index is -0.283. The maximum absolute atomic E-state index is 11.7. The smallest absolute Gasteiger partial charge is 0.341 e. The van der Waals surface area contributed by atoms with Gasteiger partial charge in [0.2, 0.25) is 0 Å². The van der Waals surface area contributed by atoms with Gasteiger partial charge in [0.1, 0.15) is 0 Å². The van der Waals surface area contributed by atoms with Crippen molar-refractivity contribution in [2.75, 3.05) is 0 Å². The summed E-state index contributed by atoms with van der Waals surface area (Å²) in [6.45, 7) is 0. The Morgan fingerprint density at radius 1 is 0.864 bits per heavy atom. The number of fused-ring (bicyclic) bond motifs is 1. The average Bonchev–Trinajstić information content (AvgIpc) is 3.23. The van der Waals surface area contributed by atoms with Gasteiger partial charge in [-0.2, -0.15) is 12.1 Å². The molecule has 0 spiro atoms. The Balaban J connectivity index is 0.000000253. The van der Waals surface area contributed by atoms with Gasteiger partial charge in [-0.05, 0) is 11.5 Å². The van der Waals surface area contributed by atoms with Gasteiger partial charge in [-0.3, -0.25) is 0 Å². The fourth-order valence-electron chi connectivity index (χ4n) is 2.14. The van der Waals surface area contributed by atoms with Crippen molar-refractivity contribution in [3.05, 3.63) is 95.3 Å². The quantitative estimate of drug-likeness (QED) is 0.378. The molecule has 0 aliphatic carbocycles. The van der Waals surface area contributed by atoms with Crippen LogP contribution in [-0.2, 0) is 17.1 Å². The van der Waals surface area contributed by atoms with E-state index in [-0.39, 0.29) is 22.7 Å². The largest absolute Gasteiger partial charge is 0.748 e. The molecule has 3 heteroatoms. The molecule has 4 aromatic rings. The first-order chi connectivity index (χ1) is 10.3. The van der Waals surface area contributed by atoms with Crippen molar-refractivity contribution in [2.24, 2.45) is 0 Å². The minimum absolute atomic E-state index is 0. The molecule has 4 rings (SSSR count). The molecular formula is C19H14FeO2-6. The van der Waals surface area contributed by atoms with Crippen molar-refractivity contribution >= 4 is 10.8 Å². The molecule has 116 valence electrons. The predicted octanol–water partition coefficient (Wildman–Crippen LogP) is 4.58. The predicted molar refractivity (Wildman–Crippen MR) is 85.5 cm³/mol. The third kappa shape index (κ3) is 3.64. The summed E-state index contributed by atoms with van der Waals surface area (Å²) in [4.78, 5) is 11.7. The van der Waals surface area contributed by atoms with Crippen LogP contribution < -0.4 is 5.63 Å². The molecule has 0 atom stereocenters. The number of hydrogen-bond donors (Lipinski definition) is 0. The van der Waals surface area contributed by atoms with Crippen molar-refractivity contribution < 1.29 is 21.5 Å². The molecule has 0 saturated heterocycles. The average molecular weight is 330 g/mol. The minimum Gasteiger partial charge on any atom is -0.748 e. The molecule has 0 aliphatic rings. The van der Waals surface area contributed by atoms with E-state index in [4.69, 9.17) is 4.42 Å². The number of rotatable bonds is 1. The Hall–Kier alpha value is -2.35. The third-order valence-corrected chi connectivity index (χ3v) is 3.17. The molecule has 22 heavy (non-hydrogen) atoms. The SMILES string of the molecule is O=c1oc(-[c-]2cccc2)cc2ccccc12.[Fe].[cH-]1[cH-][cH-][cH-][cH-]1. The molecule has 1 heterocycles. The monoisotopic (exact) mass is 330 g/mol. The van der Waals surface area contributed by atoms with Crippen molar-refractivity contribution in [3.63, 3.8) is 0 Å². The summed E-state index contributed by atoms with van der Waals surface area (Å²) in [5, 5.41) is 1.53. The Bertz CT molecular complexity index is 839. The zero-order chi connectivity index (χ0) is 14.5. The van der Waals surface area contributed by atoms with Gasteiger partial charge in [-0.15, -0.1) is 12.1 Å². The van der Waals surface area contributed by atoms with E-state index >= 15 is 0 Å². The normalized spacial score (nSPS) is 9.64. The first-order valence-electron chi connectivity index (χ1n) is 6.76. The molecule has 0 N–H and O–H groups in total. The van der Waals surface area contributed by atoms with Crippen LogP contribution in [0.3, 0.4) is 0 Å². The van der Waals surface area contributed by atoms with Gasteiger partial charge in [0.25, 0.3) is 0 Å². The number of hydrogen-bond acceptors (Lipinski definition) is 2. The summed E-state index contributed by atoms with van der Waals surface area (Å²) >= 11 is 0. The Morgan fingerprint density at radius 2 is 1.45 bits per heavy atom. The van der Waals surface area contributed by atoms with E-state index in [1.165, 1.54) is 0 Å². The first-order valence-corrected chi connectivity index (χ1v) is 6.76. The van der Waals surface area contributed by atoms with Crippen LogP contribution in [0.1, 0.15) is 0 Å². The summed E-state index contributed by atoms with van der Waals surface area (Å²) in [5.74, 6) is 0.619. The molecule has 0 bridgehead atoms. The summed E-state index contributed by atoms with van der Waals surface area (Å²) in [5.41, 5.74) is 0.650. The van der Waals surface area contributed by atoms with Crippen molar-refractivity contribution in [1.82, 2.24) is 0 Å². The molecule has 0 saturated carbocycles. The van der Waals surface area contributed by atoms with E-state index in [1.54, 1.807) is 6.07 Å². The molecule has 0 fully saturated rings. The summed E-state index contributed by atoms with van der Waals surface area (Å²) in [6, 6.07) is 27.0. The van der Waals surface area contributed by atoms with Gasteiger partial charge in [-0.1, -0.05) is 29.8 Å². The van der Waals surface area contributed by atoms with E-state index in [9.17, 15) is 4.79 Å². The van der Waals surface area contributed by atoms with Gasteiger partial charge >= 0.3 is 5.63 Å². The zero-order valence-electron chi connectivity index (χ0n) is 11.8. The van der Waals surface area contributed by atoms with Gasteiger partial charge in [0.15, 0.2) is 0 Å². The van der Waals surface area contributed by atoms with Crippen LogP contribution in [0.15, 0.2) is 94.1 Å². The van der Waals surface area contributed by atoms with Gasteiger partial charge in [-0.25, -0.2) is 4.79 Å². The Morgan fingerprint density at radius 3 is 2.09 bits per heavy atom. The fraction of sp³-hybridized carbons (Fsp3) is 0. The van der Waals surface area contributed by atoms with Crippen LogP contribution in [-0.4, -0.2) is 0 Å². The standard InChI is InChI=1S/C14H9O2.C5H5.Fe/c15-14-12-8-4-3-7-11(12)9-13(16-14)10-5-1-2-6-10;1-2-4-5-3-1;/h1-9H;1-5H;/q-1;-5;. The fourth-order valence-corrected chi connectivity index (χ4v) is 2.14. The second kappa shape index (κ2) is 7.60. The summed E-state index contributed by atoms with van der Waals surface area (Å²) in [6.07, 6.45) is 0. The molecule has 3 aromatic carbocycles. The van der Waals surface area contributed by atoms with Crippen LogP contribution in [0, 0.1) is 0 Å². The van der Waals surface area contributed by atoms with Gasteiger partial charge < -0.3 is 34.7 Å². The van der Waals surface area contributed by atoms with E-state index < -0.39 is 0 Å². The summed E-state index contributed by atoms with van der Waals surface area (Å²) < 4.78 is 5.28. The topological polar surface area (TPSA) is 30.2 Å². The molecule has 0 amide bonds. The van der Waals surface area contributed by atoms with Crippen LogP contribution in [0.4, 0.5) is 0 Å². The maximum atomic E-state index is 11.7. The molecular weight excluding hydrogens is 316 g/mol. The second-order valence-electron chi connectivity index (χ2n) is 4.62. The van der Waals surface area contributed by atoms with Crippen LogP contribution >= 0.6 is 0 Å². The van der Waals surface area contributed by atoms with E-state index in [2.05, 4.69) is 0 Å². The van der Waals surface area contributed by atoms with Gasteiger partial charge in [0.05, 0.1) is 11.1 Å². The molecule has 0 unspecified atom stereocenters. The Labute approximate surface area is 139 Å². The van der Waals surface area contributed by atoms with Crippen molar-refractivity contribution in [3.8, 4) is 11.3 Å². The van der Waals surface area contributed by atoms with Crippen LogP contribution in [0.25, 0.3) is 22.1 Å². The van der Waals surface area contributed by atoms with E-state index in [1.807, 2.05) is 78.9 Å². The van der Waals surface area contributed by atoms with Crippen molar-refractivity contribution in [2.45, 2.75) is 0 Å². The van der Waals surface area contributed by atoms with E-state index in [0.717, 1.165) is 10.9 Å². The number of benzene rings is 1. The van der Waals surface area contributed by atoms with Gasteiger partial charge in [0, 0.05) is 17.1 Å². The summed E-state index contributed by atoms with van der Waals surface area (Å²) in [7, 11) is 0. The first kappa shape index (κ1) is 16.0. The van der Waals surface area contributed by atoms with Crippen LogP contribution in [0.2, 0.25) is 0 Å². The zero-order valence-corrected chi connectivity index (χ0v) is 12.9. The Kier molecular flexibility index (Phi) is 5.54. The maximum Gasteiger partial charge on any atom is 0.341 e.